The normalized spacial score (nSPS) is 10.8. The molecule has 0 amide bonds. The first-order chi connectivity index (χ1) is 11.4. The number of rotatable bonds is 3. The molecule has 0 radical (unpaired) electrons. The van der Waals surface area contributed by atoms with Crippen LogP contribution in [0, 0.1) is 0 Å². The average molecular weight is 299 g/mol. The highest BCUT2D eigenvalue weighted by Gasteiger charge is 2.11. The lowest BCUT2D eigenvalue weighted by atomic mass is 10.1. The van der Waals surface area contributed by atoms with Crippen LogP contribution in [0.5, 0.6) is 0 Å². The van der Waals surface area contributed by atoms with E-state index >= 15 is 0 Å². The van der Waals surface area contributed by atoms with Crippen LogP contribution in [0.1, 0.15) is 0 Å². The zero-order chi connectivity index (χ0) is 15.6. The van der Waals surface area contributed by atoms with Crippen molar-refractivity contribution in [3.63, 3.8) is 0 Å². The fourth-order valence-corrected chi connectivity index (χ4v) is 2.91. The standard InChI is InChI=1S/C20H17N3/c1-21-20-22-18-12-5-6-13-19(18)23(20)17-11-7-10-16(14-17)15-8-3-2-4-9-15/h2-14H,1H3,(H,21,22). The molecule has 4 rings (SSSR count). The van der Waals surface area contributed by atoms with E-state index < -0.39 is 0 Å². The van der Waals surface area contributed by atoms with Crippen molar-refractivity contribution in [1.29, 1.82) is 0 Å². The Balaban J connectivity index is 1.92. The maximum Gasteiger partial charge on any atom is 0.208 e. The van der Waals surface area contributed by atoms with E-state index in [1.807, 2.05) is 31.3 Å². The smallest absolute Gasteiger partial charge is 0.208 e. The molecule has 0 aliphatic heterocycles. The van der Waals surface area contributed by atoms with Crippen LogP contribution in [0.2, 0.25) is 0 Å². The fraction of sp³-hybridized carbons (Fsp3) is 0.0500. The Bertz CT molecular complexity index is 955. The maximum absolute atomic E-state index is 4.66. The Morgan fingerprint density at radius 2 is 1.52 bits per heavy atom. The number of imidazole rings is 1. The maximum atomic E-state index is 4.66. The Morgan fingerprint density at radius 1 is 0.783 bits per heavy atom. The van der Waals surface area contributed by atoms with Crippen molar-refractivity contribution in [1.82, 2.24) is 9.55 Å². The first kappa shape index (κ1) is 13.6. The van der Waals surface area contributed by atoms with E-state index in [1.165, 1.54) is 11.1 Å². The molecule has 0 saturated carbocycles. The number of benzene rings is 3. The van der Waals surface area contributed by atoms with Gasteiger partial charge in [-0.3, -0.25) is 4.57 Å². The molecule has 0 saturated heterocycles. The van der Waals surface area contributed by atoms with E-state index in [0.717, 1.165) is 22.7 Å². The Morgan fingerprint density at radius 3 is 2.35 bits per heavy atom. The van der Waals surface area contributed by atoms with Gasteiger partial charge in [0, 0.05) is 12.7 Å². The van der Waals surface area contributed by atoms with Crippen LogP contribution in [-0.4, -0.2) is 16.6 Å². The minimum atomic E-state index is 0.844. The van der Waals surface area contributed by atoms with E-state index in [0.29, 0.717) is 0 Å². The van der Waals surface area contributed by atoms with Crippen LogP contribution < -0.4 is 5.32 Å². The van der Waals surface area contributed by atoms with Gasteiger partial charge in [-0.05, 0) is 35.4 Å². The number of hydrogen-bond donors (Lipinski definition) is 1. The number of anilines is 1. The number of fused-ring (bicyclic) bond motifs is 1. The summed E-state index contributed by atoms with van der Waals surface area (Å²) in [5, 5.41) is 3.19. The molecule has 112 valence electrons. The molecule has 0 aliphatic carbocycles. The second kappa shape index (κ2) is 5.61. The van der Waals surface area contributed by atoms with E-state index in [9.17, 15) is 0 Å². The van der Waals surface area contributed by atoms with Crippen molar-refractivity contribution < 1.29 is 0 Å². The molecular weight excluding hydrogens is 282 g/mol. The van der Waals surface area contributed by atoms with Crippen molar-refractivity contribution in [2.45, 2.75) is 0 Å². The van der Waals surface area contributed by atoms with E-state index in [4.69, 9.17) is 0 Å². The SMILES string of the molecule is CNc1nc2ccccc2n1-c1cccc(-c2ccccc2)c1. The number of para-hydroxylation sites is 2. The van der Waals surface area contributed by atoms with Crippen molar-refractivity contribution in [2.75, 3.05) is 12.4 Å². The molecule has 0 bridgehead atoms. The van der Waals surface area contributed by atoms with E-state index in [2.05, 4.69) is 69.5 Å². The molecule has 1 N–H and O–H groups in total. The molecule has 1 aromatic heterocycles. The lowest BCUT2D eigenvalue weighted by Gasteiger charge is -2.10. The van der Waals surface area contributed by atoms with Gasteiger partial charge in [0.2, 0.25) is 5.95 Å². The second-order valence-electron chi connectivity index (χ2n) is 5.43. The molecule has 0 atom stereocenters. The Labute approximate surface area is 135 Å². The summed E-state index contributed by atoms with van der Waals surface area (Å²) in [6.45, 7) is 0. The van der Waals surface area contributed by atoms with Gasteiger partial charge in [-0.1, -0.05) is 54.6 Å². The quantitative estimate of drug-likeness (QED) is 0.592. The molecule has 1 heterocycles. The van der Waals surface area contributed by atoms with Gasteiger partial charge in [-0.15, -0.1) is 0 Å². The lowest BCUT2D eigenvalue weighted by molar-refractivity contribution is 1.09. The van der Waals surface area contributed by atoms with Crippen LogP contribution in [-0.2, 0) is 0 Å². The number of nitrogens with zero attached hydrogens (tertiary/aromatic N) is 2. The highest BCUT2D eigenvalue weighted by atomic mass is 15.2. The van der Waals surface area contributed by atoms with Gasteiger partial charge in [0.25, 0.3) is 0 Å². The third kappa shape index (κ3) is 2.36. The summed E-state index contributed by atoms with van der Waals surface area (Å²) >= 11 is 0. The third-order valence-corrected chi connectivity index (χ3v) is 4.00. The van der Waals surface area contributed by atoms with Crippen molar-refractivity contribution in [3.05, 3.63) is 78.9 Å². The van der Waals surface area contributed by atoms with Gasteiger partial charge < -0.3 is 5.32 Å². The zero-order valence-electron chi connectivity index (χ0n) is 12.9. The second-order valence-corrected chi connectivity index (χ2v) is 5.43. The number of nitrogens with one attached hydrogen (secondary N) is 1. The summed E-state index contributed by atoms with van der Waals surface area (Å²) in [4.78, 5) is 4.66. The highest BCUT2D eigenvalue weighted by molar-refractivity contribution is 5.81. The lowest BCUT2D eigenvalue weighted by Crippen LogP contribution is -2.01. The molecule has 3 aromatic carbocycles. The van der Waals surface area contributed by atoms with Crippen LogP contribution in [0.4, 0.5) is 5.95 Å². The Kier molecular flexibility index (Phi) is 3.31. The van der Waals surface area contributed by atoms with Gasteiger partial charge in [0.1, 0.15) is 0 Å². The van der Waals surface area contributed by atoms with Crippen LogP contribution in [0.15, 0.2) is 78.9 Å². The molecular formula is C20H17N3. The number of aromatic nitrogens is 2. The van der Waals surface area contributed by atoms with Crippen LogP contribution in [0.25, 0.3) is 27.8 Å². The summed E-state index contributed by atoms with van der Waals surface area (Å²) in [5.74, 6) is 0.844. The van der Waals surface area contributed by atoms with Gasteiger partial charge in [0.05, 0.1) is 11.0 Å². The molecule has 0 fully saturated rings. The summed E-state index contributed by atoms with van der Waals surface area (Å²) in [6, 6.07) is 27.1. The molecule has 0 aliphatic rings. The molecule has 3 nitrogen and oxygen atoms in total. The predicted octanol–water partition coefficient (Wildman–Crippen LogP) is 4.73. The van der Waals surface area contributed by atoms with E-state index in [-0.39, 0.29) is 0 Å². The topological polar surface area (TPSA) is 29.9 Å². The first-order valence-electron chi connectivity index (χ1n) is 7.68. The summed E-state index contributed by atoms with van der Waals surface area (Å²) < 4.78 is 2.15. The molecule has 0 spiro atoms. The van der Waals surface area contributed by atoms with Gasteiger partial charge >= 0.3 is 0 Å². The fourth-order valence-electron chi connectivity index (χ4n) is 2.91. The molecule has 3 heteroatoms. The molecule has 4 aromatic rings. The highest BCUT2D eigenvalue weighted by Crippen LogP contribution is 2.27. The summed E-state index contributed by atoms with van der Waals surface area (Å²) in [5.41, 5.74) is 5.60. The van der Waals surface area contributed by atoms with Gasteiger partial charge in [0.15, 0.2) is 0 Å². The molecule has 23 heavy (non-hydrogen) atoms. The van der Waals surface area contributed by atoms with Crippen LogP contribution >= 0.6 is 0 Å². The summed E-state index contributed by atoms with van der Waals surface area (Å²) in [7, 11) is 1.90. The average Bonchev–Trinajstić information content (AvgIpc) is 3.01. The van der Waals surface area contributed by atoms with Crippen molar-refractivity contribution in [3.8, 4) is 16.8 Å². The summed E-state index contributed by atoms with van der Waals surface area (Å²) in [6.07, 6.45) is 0. The van der Waals surface area contributed by atoms with Gasteiger partial charge in [-0.2, -0.15) is 0 Å². The van der Waals surface area contributed by atoms with Gasteiger partial charge in [-0.25, -0.2) is 4.98 Å². The number of hydrogen-bond acceptors (Lipinski definition) is 2. The monoisotopic (exact) mass is 299 g/mol. The third-order valence-electron chi connectivity index (χ3n) is 4.00. The minimum Gasteiger partial charge on any atom is -0.358 e. The largest absolute Gasteiger partial charge is 0.358 e. The first-order valence-corrected chi connectivity index (χ1v) is 7.68. The zero-order valence-corrected chi connectivity index (χ0v) is 12.9. The van der Waals surface area contributed by atoms with Crippen LogP contribution in [0.3, 0.4) is 0 Å². The van der Waals surface area contributed by atoms with Crippen molar-refractivity contribution >= 4 is 17.0 Å². The predicted molar refractivity (Wildman–Crippen MR) is 96.1 cm³/mol. The Hall–Kier alpha value is -3.07. The molecule has 0 unspecified atom stereocenters. The minimum absolute atomic E-state index is 0.844. The van der Waals surface area contributed by atoms with Crippen molar-refractivity contribution in [2.24, 2.45) is 0 Å². The van der Waals surface area contributed by atoms with E-state index in [1.54, 1.807) is 0 Å².